The molecule has 1 heterocycles. The van der Waals surface area contributed by atoms with E-state index in [1.807, 2.05) is 6.92 Å². The maximum atomic E-state index is 11.2. The summed E-state index contributed by atoms with van der Waals surface area (Å²) >= 11 is 0. The summed E-state index contributed by atoms with van der Waals surface area (Å²) in [4.78, 5) is 11.2. The van der Waals surface area contributed by atoms with Gasteiger partial charge in [0, 0.05) is 18.7 Å². The highest BCUT2D eigenvalue weighted by Crippen LogP contribution is 2.09. The number of carbonyl (C=O) groups excluding carboxylic acids is 1. The maximum absolute atomic E-state index is 11.2. The Kier molecular flexibility index (Phi) is 7.23. The monoisotopic (exact) mass is 266 g/mol. The minimum absolute atomic E-state index is 0.0795. The van der Waals surface area contributed by atoms with E-state index in [-0.39, 0.29) is 5.97 Å². The summed E-state index contributed by atoms with van der Waals surface area (Å²) in [5.74, 6) is -0.0795. The Labute approximate surface area is 116 Å². The molecular weight excluding hydrogens is 240 g/mol. The first-order chi connectivity index (χ1) is 9.21. The Morgan fingerprint density at radius 3 is 2.63 bits per heavy atom. The van der Waals surface area contributed by atoms with Crippen molar-refractivity contribution in [2.24, 2.45) is 0 Å². The van der Waals surface area contributed by atoms with E-state index in [1.165, 1.54) is 11.4 Å². The number of ether oxygens (including phenoxy) is 1. The zero-order valence-electron chi connectivity index (χ0n) is 12.4. The highest BCUT2D eigenvalue weighted by Gasteiger charge is 2.05. The molecule has 0 amide bonds. The van der Waals surface area contributed by atoms with Gasteiger partial charge < -0.3 is 4.74 Å². The number of hydrogen-bond donors (Lipinski definition) is 0. The Bertz CT molecular complexity index is 385. The molecule has 0 bridgehead atoms. The number of rotatable bonds is 9. The van der Waals surface area contributed by atoms with Crippen molar-refractivity contribution in [3.63, 3.8) is 0 Å². The van der Waals surface area contributed by atoms with Crippen LogP contribution in [-0.4, -0.2) is 22.4 Å². The Morgan fingerprint density at radius 1 is 1.21 bits per heavy atom. The summed E-state index contributed by atoms with van der Waals surface area (Å²) in [6.07, 6.45) is 5.56. The standard InChI is InChI=1S/C15H26N2O2/c1-4-13-12-14(5-2)17(16-13)11-9-7-8-10-15(18)19-6-3/h12H,4-11H2,1-3H3. The number of aromatic nitrogens is 2. The lowest BCUT2D eigenvalue weighted by atomic mass is 10.2. The lowest BCUT2D eigenvalue weighted by molar-refractivity contribution is -0.143. The average molecular weight is 266 g/mol. The lowest BCUT2D eigenvalue weighted by Gasteiger charge is -2.06. The van der Waals surface area contributed by atoms with E-state index in [0.717, 1.165) is 38.6 Å². The van der Waals surface area contributed by atoms with Crippen LogP contribution in [0.25, 0.3) is 0 Å². The molecule has 4 nitrogen and oxygen atoms in total. The van der Waals surface area contributed by atoms with Crippen molar-refractivity contribution < 1.29 is 9.53 Å². The molecule has 0 radical (unpaired) electrons. The van der Waals surface area contributed by atoms with Gasteiger partial charge >= 0.3 is 5.97 Å². The van der Waals surface area contributed by atoms with Crippen LogP contribution in [0.2, 0.25) is 0 Å². The fourth-order valence-corrected chi connectivity index (χ4v) is 2.11. The van der Waals surface area contributed by atoms with Crippen molar-refractivity contribution in [2.75, 3.05) is 6.61 Å². The minimum atomic E-state index is -0.0795. The third-order valence-electron chi connectivity index (χ3n) is 3.19. The van der Waals surface area contributed by atoms with E-state index in [2.05, 4.69) is 29.7 Å². The molecule has 1 aromatic rings. The van der Waals surface area contributed by atoms with Crippen molar-refractivity contribution in [2.45, 2.75) is 65.8 Å². The minimum Gasteiger partial charge on any atom is -0.466 e. The SMILES string of the molecule is CCOC(=O)CCCCCn1nc(CC)cc1CC. The molecule has 0 atom stereocenters. The van der Waals surface area contributed by atoms with Crippen molar-refractivity contribution in [3.05, 3.63) is 17.5 Å². The smallest absolute Gasteiger partial charge is 0.305 e. The van der Waals surface area contributed by atoms with Gasteiger partial charge in [-0.05, 0) is 38.7 Å². The second kappa shape index (κ2) is 8.73. The third-order valence-corrected chi connectivity index (χ3v) is 3.19. The second-order valence-corrected chi connectivity index (χ2v) is 4.67. The molecule has 0 N–H and O–H groups in total. The quantitative estimate of drug-likeness (QED) is 0.509. The first kappa shape index (κ1) is 15.7. The van der Waals surface area contributed by atoms with Gasteiger partial charge in [0.25, 0.3) is 0 Å². The number of hydrogen-bond acceptors (Lipinski definition) is 3. The topological polar surface area (TPSA) is 44.1 Å². The highest BCUT2D eigenvalue weighted by atomic mass is 16.5. The molecule has 0 aliphatic heterocycles. The molecule has 4 heteroatoms. The molecule has 108 valence electrons. The predicted molar refractivity (Wildman–Crippen MR) is 76.1 cm³/mol. The van der Waals surface area contributed by atoms with Gasteiger partial charge in [-0.1, -0.05) is 20.3 Å². The molecule has 0 aliphatic rings. The average Bonchev–Trinajstić information content (AvgIpc) is 2.81. The Morgan fingerprint density at radius 2 is 2.00 bits per heavy atom. The molecule has 0 aromatic carbocycles. The fraction of sp³-hybridized carbons (Fsp3) is 0.733. The van der Waals surface area contributed by atoms with Crippen molar-refractivity contribution in [1.29, 1.82) is 0 Å². The summed E-state index contributed by atoms with van der Waals surface area (Å²) in [7, 11) is 0. The van der Waals surface area contributed by atoms with Gasteiger partial charge in [0.15, 0.2) is 0 Å². The number of aryl methyl sites for hydroxylation is 3. The predicted octanol–water partition coefficient (Wildman–Crippen LogP) is 3.13. The molecule has 0 aliphatic carbocycles. The van der Waals surface area contributed by atoms with Crippen LogP contribution in [0.1, 0.15) is 57.8 Å². The van der Waals surface area contributed by atoms with Gasteiger partial charge in [0.1, 0.15) is 0 Å². The van der Waals surface area contributed by atoms with E-state index in [1.54, 1.807) is 0 Å². The highest BCUT2D eigenvalue weighted by molar-refractivity contribution is 5.69. The van der Waals surface area contributed by atoms with Gasteiger partial charge in [-0.15, -0.1) is 0 Å². The van der Waals surface area contributed by atoms with Crippen LogP contribution in [-0.2, 0) is 28.9 Å². The van der Waals surface area contributed by atoms with E-state index in [0.29, 0.717) is 13.0 Å². The van der Waals surface area contributed by atoms with E-state index in [4.69, 9.17) is 4.74 Å². The van der Waals surface area contributed by atoms with E-state index < -0.39 is 0 Å². The first-order valence-electron chi connectivity index (χ1n) is 7.42. The third kappa shape index (κ3) is 5.45. The fourth-order valence-electron chi connectivity index (χ4n) is 2.11. The number of carbonyl (C=O) groups is 1. The normalized spacial score (nSPS) is 10.7. The first-order valence-corrected chi connectivity index (χ1v) is 7.42. The second-order valence-electron chi connectivity index (χ2n) is 4.67. The molecule has 0 unspecified atom stereocenters. The number of unbranched alkanes of at least 4 members (excludes halogenated alkanes) is 2. The van der Waals surface area contributed by atoms with E-state index in [9.17, 15) is 4.79 Å². The number of nitrogens with zero attached hydrogens (tertiary/aromatic N) is 2. The Balaban J connectivity index is 2.25. The van der Waals surface area contributed by atoms with Crippen molar-refractivity contribution in [1.82, 2.24) is 9.78 Å². The maximum Gasteiger partial charge on any atom is 0.305 e. The van der Waals surface area contributed by atoms with Gasteiger partial charge in [-0.25, -0.2) is 0 Å². The molecule has 0 fully saturated rings. The zero-order chi connectivity index (χ0) is 14.1. The molecule has 0 saturated heterocycles. The molecular formula is C15H26N2O2. The summed E-state index contributed by atoms with van der Waals surface area (Å²) in [5, 5.41) is 4.59. The van der Waals surface area contributed by atoms with Crippen LogP contribution in [0.3, 0.4) is 0 Å². The molecule has 1 rings (SSSR count). The van der Waals surface area contributed by atoms with Crippen LogP contribution < -0.4 is 0 Å². The lowest BCUT2D eigenvalue weighted by Crippen LogP contribution is -2.06. The van der Waals surface area contributed by atoms with Crippen LogP contribution >= 0.6 is 0 Å². The van der Waals surface area contributed by atoms with Crippen LogP contribution in [0, 0.1) is 0 Å². The molecule has 0 spiro atoms. The molecule has 0 saturated carbocycles. The van der Waals surface area contributed by atoms with Crippen molar-refractivity contribution >= 4 is 5.97 Å². The summed E-state index contributed by atoms with van der Waals surface area (Å²) < 4.78 is 7.02. The van der Waals surface area contributed by atoms with Gasteiger partial charge in [0.05, 0.1) is 12.3 Å². The largest absolute Gasteiger partial charge is 0.466 e. The van der Waals surface area contributed by atoms with Crippen LogP contribution in [0.15, 0.2) is 6.07 Å². The summed E-state index contributed by atoms with van der Waals surface area (Å²) in [6.45, 7) is 7.56. The van der Waals surface area contributed by atoms with Crippen molar-refractivity contribution in [3.8, 4) is 0 Å². The number of esters is 1. The van der Waals surface area contributed by atoms with E-state index >= 15 is 0 Å². The molecule has 19 heavy (non-hydrogen) atoms. The van der Waals surface area contributed by atoms with Crippen LogP contribution in [0.4, 0.5) is 0 Å². The zero-order valence-corrected chi connectivity index (χ0v) is 12.4. The molecule has 1 aromatic heterocycles. The van der Waals surface area contributed by atoms with Gasteiger partial charge in [-0.2, -0.15) is 5.10 Å². The summed E-state index contributed by atoms with van der Waals surface area (Å²) in [6, 6.07) is 2.19. The Hall–Kier alpha value is -1.32. The van der Waals surface area contributed by atoms with Gasteiger partial charge in [-0.3, -0.25) is 9.48 Å². The summed E-state index contributed by atoms with van der Waals surface area (Å²) in [5.41, 5.74) is 2.48. The van der Waals surface area contributed by atoms with Crippen LogP contribution in [0.5, 0.6) is 0 Å². The van der Waals surface area contributed by atoms with Gasteiger partial charge in [0.2, 0.25) is 0 Å².